The van der Waals surface area contributed by atoms with Gasteiger partial charge in [0.15, 0.2) is 5.82 Å². The van der Waals surface area contributed by atoms with Gasteiger partial charge in [0, 0.05) is 50.0 Å². The summed E-state index contributed by atoms with van der Waals surface area (Å²) in [6, 6.07) is 18.1. The Balaban J connectivity index is 0.00000267. The minimum Gasteiger partial charge on any atom is -0.523 e. The van der Waals surface area contributed by atoms with Crippen molar-refractivity contribution in [1.29, 1.82) is 0 Å². The van der Waals surface area contributed by atoms with Gasteiger partial charge in [0.05, 0.1) is 12.8 Å². The van der Waals surface area contributed by atoms with Crippen molar-refractivity contribution >= 4 is 11.7 Å². The summed E-state index contributed by atoms with van der Waals surface area (Å²) >= 11 is 0. The van der Waals surface area contributed by atoms with Gasteiger partial charge in [-0.15, -0.1) is 17.7 Å². The maximum absolute atomic E-state index is 11.9. The average molecular weight is 758 g/mol. The molecule has 1 amide bonds. The van der Waals surface area contributed by atoms with Crippen LogP contribution in [-0.4, -0.2) is 78.9 Å². The zero-order valence-electron chi connectivity index (χ0n) is 22.9. The second-order valence-corrected chi connectivity index (χ2v) is 8.92. The summed E-state index contributed by atoms with van der Waals surface area (Å²) in [5.41, 5.74) is 2.42. The number of likely N-dealkylation sites (tertiary alicyclic amines) is 1. The van der Waals surface area contributed by atoms with Crippen molar-refractivity contribution in [2.45, 2.75) is 25.4 Å². The topological polar surface area (TPSA) is 109 Å². The van der Waals surface area contributed by atoms with Gasteiger partial charge in [-0.3, -0.25) is 4.79 Å². The molecule has 1 fully saturated rings. The number of amides is 1. The van der Waals surface area contributed by atoms with Crippen molar-refractivity contribution in [2.24, 2.45) is 0 Å². The van der Waals surface area contributed by atoms with Gasteiger partial charge in [-0.25, -0.2) is 9.97 Å². The molecule has 9 nitrogen and oxygen atoms in total. The molecule has 0 aliphatic carbocycles. The summed E-state index contributed by atoms with van der Waals surface area (Å²) in [6.07, 6.45) is 1.82. The van der Waals surface area contributed by atoms with Gasteiger partial charge >= 0.3 is 31.1 Å². The largest absolute Gasteiger partial charge is 2.00 e. The molecule has 1 aliphatic heterocycles. The molecule has 3 aromatic rings. The van der Waals surface area contributed by atoms with Crippen LogP contribution >= 0.6 is 0 Å². The van der Waals surface area contributed by atoms with E-state index in [2.05, 4.69) is 16.7 Å². The van der Waals surface area contributed by atoms with E-state index in [1.807, 2.05) is 47.4 Å². The van der Waals surface area contributed by atoms with Gasteiger partial charge in [0.25, 0.3) is 0 Å². The summed E-state index contributed by atoms with van der Waals surface area (Å²) < 4.78 is 11.1. The number of nitrogens with one attached hydrogen (secondary N) is 2. The Kier molecular flexibility index (Phi) is 13.7. The standard InChI is InChI=1S/C28H34N5O4.CH3.U/c1-29-18-22(34)19-37-24-10-4-8-21(16-24)28-31-25(20-7-3-9-23(15-20)36-2)17-26(32-28)30-12-6-14-33-13-5-11-27(33)35;;/h3-4,7-8,10,15-17,22,29,34H,5-6,11-14,18-19H2,1-2H3,(H,30,31,32);1H3;/q2*-1;+2. The number of carbonyl (C=O) groups excluding carboxylic acids is 1. The van der Waals surface area contributed by atoms with Crippen LogP contribution in [0.5, 0.6) is 11.5 Å². The van der Waals surface area contributed by atoms with Gasteiger partial charge in [0.1, 0.15) is 24.3 Å². The third-order valence-corrected chi connectivity index (χ3v) is 6.07. The molecule has 1 saturated heterocycles. The Bertz CT molecular complexity index is 1200. The van der Waals surface area contributed by atoms with E-state index in [1.165, 1.54) is 0 Å². The van der Waals surface area contributed by atoms with Crippen molar-refractivity contribution < 1.29 is 50.5 Å². The smallest absolute Gasteiger partial charge is 0.523 e. The Morgan fingerprint density at radius 3 is 2.77 bits per heavy atom. The van der Waals surface area contributed by atoms with E-state index in [0.29, 0.717) is 42.7 Å². The Hall–Kier alpha value is -2.64. The first kappa shape index (κ1) is 32.6. The van der Waals surface area contributed by atoms with Gasteiger partial charge < -0.3 is 37.5 Å². The van der Waals surface area contributed by atoms with Crippen LogP contribution in [-0.2, 0) is 4.79 Å². The number of rotatable bonds is 13. The Morgan fingerprint density at radius 1 is 1.18 bits per heavy atom. The monoisotopic (exact) mass is 757 g/mol. The molecule has 0 radical (unpaired) electrons. The third kappa shape index (κ3) is 9.50. The number of methoxy groups -OCH3 is 1. The summed E-state index contributed by atoms with van der Waals surface area (Å²) in [4.78, 5) is 23.4. The van der Waals surface area contributed by atoms with E-state index in [-0.39, 0.29) is 51.1 Å². The van der Waals surface area contributed by atoms with E-state index in [9.17, 15) is 9.90 Å². The number of benzene rings is 2. The van der Waals surface area contributed by atoms with E-state index < -0.39 is 6.10 Å². The van der Waals surface area contributed by atoms with E-state index in [1.54, 1.807) is 20.2 Å². The Morgan fingerprint density at radius 2 is 2.03 bits per heavy atom. The normalized spacial score (nSPS) is 13.3. The van der Waals surface area contributed by atoms with Crippen LogP contribution < -0.4 is 20.1 Å². The molecule has 39 heavy (non-hydrogen) atoms. The fourth-order valence-corrected chi connectivity index (χ4v) is 4.18. The van der Waals surface area contributed by atoms with Crippen LogP contribution in [0.1, 0.15) is 19.3 Å². The van der Waals surface area contributed by atoms with Crippen molar-refractivity contribution in [1.82, 2.24) is 20.2 Å². The Labute approximate surface area is 255 Å². The maximum atomic E-state index is 11.9. The summed E-state index contributed by atoms with van der Waals surface area (Å²) in [6.45, 7) is 2.89. The minimum absolute atomic E-state index is 0. The SMILES string of the molecule is CNCC(O)COc1cccc(-c2nc(NCCCN3CCCC3=O)cc(-c3cc[c-]c(OC)c3)n2)c1.[CH3-].[U+2]. The van der Waals surface area contributed by atoms with E-state index in [0.717, 1.165) is 42.8 Å². The van der Waals surface area contributed by atoms with Crippen molar-refractivity contribution in [3.63, 3.8) is 0 Å². The summed E-state index contributed by atoms with van der Waals surface area (Å²) in [5, 5.41) is 16.3. The molecule has 3 N–H and O–H groups in total. The number of nitrogens with zero attached hydrogens (tertiary/aromatic N) is 3. The molecule has 1 aliphatic rings. The molecule has 2 heterocycles. The molecule has 1 unspecified atom stereocenters. The number of aromatic nitrogens is 2. The molecule has 1 aromatic heterocycles. The van der Waals surface area contributed by atoms with Gasteiger partial charge in [-0.05, 0) is 32.0 Å². The quantitative estimate of drug-likeness (QED) is 0.180. The number of aliphatic hydroxyl groups is 1. The zero-order valence-corrected chi connectivity index (χ0v) is 27.0. The predicted molar refractivity (Wildman–Crippen MR) is 149 cm³/mol. The van der Waals surface area contributed by atoms with E-state index in [4.69, 9.17) is 19.4 Å². The molecule has 0 spiro atoms. The minimum atomic E-state index is -0.607. The second-order valence-electron chi connectivity index (χ2n) is 8.92. The third-order valence-electron chi connectivity index (χ3n) is 6.07. The van der Waals surface area contributed by atoms with Gasteiger partial charge in [-0.2, -0.15) is 12.1 Å². The fourth-order valence-electron chi connectivity index (χ4n) is 4.18. The summed E-state index contributed by atoms with van der Waals surface area (Å²) in [5.74, 6) is 2.72. The molecule has 4 rings (SSSR count). The molecule has 1 atom stereocenters. The number of likely N-dealkylation sites (N-methyl/N-ethyl adjacent to an activating group) is 1. The predicted octanol–water partition coefficient (Wildman–Crippen LogP) is 3.45. The first-order valence-electron chi connectivity index (χ1n) is 12.6. The molecule has 2 aromatic carbocycles. The number of carbonyl (C=O) groups is 1. The van der Waals surface area contributed by atoms with Crippen LogP contribution in [0.4, 0.5) is 5.82 Å². The van der Waals surface area contributed by atoms with Gasteiger partial charge in [0.2, 0.25) is 5.91 Å². The number of aliphatic hydroxyl groups excluding tert-OH is 1. The van der Waals surface area contributed by atoms with Crippen LogP contribution in [0.25, 0.3) is 22.6 Å². The van der Waals surface area contributed by atoms with Crippen molar-refractivity contribution in [3.05, 3.63) is 62.0 Å². The number of hydrogen-bond donors (Lipinski definition) is 3. The second kappa shape index (κ2) is 16.5. The molecular formula is C29H37N5O4U. The molecule has 0 bridgehead atoms. The number of ether oxygens (including phenoxy) is 2. The van der Waals surface area contributed by atoms with Crippen LogP contribution in [0.15, 0.2) is 48.5 Å². The summed E-state index contributed by atoms with van der Waals surface area (Å²) in [7, 11) is 3.39. The van der Waals surface area contributed by atoms with Crippen LogP contribution in [0.2, 0.25) is 0 Å². The zero-order chi connectivity index (χ0) is 26.0. The first-order chi connectivity index (χ1) is 18.1. The first-order valence-corrected chi connectivity index (χ1v) is 12.6. The molecule has 0 saturated carbocycles. The molecule has 10 heteroatoms. The molecule has 206 valence electrons. The number of anilines is 1. The molecular weight excluding hydrogens is 720 g/mol. The van der Waals surface area contributed by atoms with Crippen molar-refractivity contribution in [2.75, 3.05) is 52.3 Å². The van der Waals surface area contributed by atoms with Crippen LogP contribution in [0, 0.1) is 44.6 Å². The van der Waals surface area contributed by atoms with Crippen LogP contribution in [0.3, 0.4) is 0 Å². The van der Waals surface area contributed by atoms with E-state index >= 15 is 0 Å². The average Bonchev–Trinajstić information content (AvgIpc) is 3.34. The maximum Gasteiger partial charge on any atom is 2.00 e. The fraction of sp³-hybridized carbons (Fsp3) is 0.379. The van der Waals surface area contributed by atoms with Crippen molar-refractivity contribution in [3.8, 4) is 34.1 Å². The number of hydrogen-bond acceptors (Lipinski definition) is 8. The van der Waals surface area contributed by atoms with Gasteiger partial charge in [-0.1, -0.05) is 12.1 Å².